The summed E-state index contributed by atoms with van der Waals surface area (Å²) in [5, 5.41) is 9.44. The number of carbonyl (C=O) groups excluding carboxylic acids is 1. The molecule has 0 radical (unpaired) electrons. The Hall–Kier alpha value is -2.33. The van der Waals surface area contributed by atoms with Gasteiger partial charge >= 0.3 is 0 Å². The van der Waals surface area contributed by atoms with Crippen LogP contribution in [-0.4, -0.2) is 17.2 Å². The molecule has 0 aromatic heterocycles. The van der Waals surface area contributed by atoms with Gasteiger partial charge in [0.1, 0.15) is 18.1 Å². The van der Waals surface area contributed by atoms with E-state index in [1.165, 1.54) is 0 Å². The molecule has 1 aliphatic heterocycles. The van der Waals surface area contributed by atoms with E-state index in [0.29, 0.717) is 23.7 Å². The maximum absolute atomic E-state index is 11.7. The SMILES string of the molecule is O=C1CC(O)Oc2cc(OCc3ccccc3)ccc21. The fraction of sp³-hybridized carbons (Fsp3) is 0.188. The van der Waals surface area contributed by atoms with Gasteiger partial charge in [0, 0.05) is 6.07 Å². The van der Waals surface area contributed by atoms with Crippen LogP contribution in [-0.2, 0) is 6.61 Å². The monoisotopic (exact) mass is 270 g/mol. The number of fused-ring (bicyclic) bond motifs is 1. The van der Waals surface area contributed by atoms with E-state index in [2.05, 4.69) is 0 Å². The summed E-state index contributed by atoms with van der Waals surface area (Å²) in [5.41, 5.74) is 1.55. The Bertz CT molecular complexity index is 622. The summed E-state index contributed by atoms with van der Waals surface area (Å²) in [6, 6.07) is 14.8. The molecular weight excluding hydrogens is 256 g/mol. The van der Waals surface area contributed by atoms with E-state index < -0.39 is 6.29 Å². The highest BCUT2D eigenvalue weighted by Crippen LogP contribution is 2.31. The predicted octanol–water partition coefficient (Wildman–Crippen LogP) is 2.55. The first-order valence-corrected chi connectivity index (χ1v) is 6.41. The van der Waals surface area contributed by atoms with Crippen molar-refractivity contribution in [2.75, 3.05) is 0 Å². The highest BCUT2D eigenvalue weighted by Gasteiger charge is 2.25. The predicted molar refractivity (Wildman–Crippen MR) is 72.8 cm³/mol. The Labute approximate surface area is 116 Å². The number of benzene rings is 2. The Morgan fingerprint density at radius 3 is 2.80 bits per heavy atom. The van der Waals surface area contributed by atoms with Crippen LogP contribution in [0, 0.1) is 0 Å². The molecule has 1 unspecified atom stereocenters. The minimum atomic E-state index is -1.07. The quantitative estimate of drug-likeness (QED) is 0.931. The van der Waals surface area contributed by atoms with E-state index in [-0.39, 0.29) is 12.2 Å². The van der Waals surface area contributed by atoms with Crippen LogP contribution in [0.15, 0.2) is 48.5 Å². The van der Waals surface area contributed by atoms with Gasteiger partial charge in [-0.05, 0) is 17.7 Å². The van der Waals surface area contributed by atoms with Crippen molar-refractivity contribution in [3.05, 3.63) is 59.7 Å². The number of aliphatic hydroxyl groups excluding tert-OH is 1. The molecule has 0 spiro atoms. The molecule has 0 saturated carbocycles. The molecule has 0 bridgehead atoms. The maximum Gasteiger partial charge on any atom is 0.204 e. The van der Waals surface area contributed by atoms with Gasteiger partial charge in [-0.1, -0.05) is 30.3 Å². The molecule has 1 heterocycles. The van der Waals surface area contributed by atoms with Crippen LogP contribution in [0.3, 0.4) is 0 Å². The van der Waals surface area contributed by atoms with Gasteiger partial charge in [0.2, 0.25) is 6.29 Å². The second kappa shape index (κ2) is 5.35. The molecule has 0 aliphatic carbocycles. The average Bonchev–Trinajstić information content (AvgIpc) is 2.45. The van der Waals surface area contributed by atoms with Crippen LogP contribution >= 0.6 is 0 Å². The zero-order chi connectivity index (χ0) is 13.9. The summed E-state index contributed by atoms with van der Waals surface area (Å²) >= 11 is 0. The zero-order valence-corrected chi connectivity index (χ0v) is 10.8. The molecule has 1 atom stereocenters. The van der Waals surface area contributed by atoms with Gasteiger partial charge in [0.05, 0.1) is 12.0 Å². The highest BCUT2D eigenvalue weighted by atomic mass is 16.6. The molecule has 0 saturated heterocycles. The zero-order valence-electron chi connectivity index (χ0n) is 10.8. The number of ether oxygens (including phenoxy) is 2. The van der Waals surface area contributed by atoms with Crippen molar-refractivity contribution in [1.29, 1.82) is 0 Å². The van der Waals surface area contributed by atoms with Crippen LogP contribution in [0.5, 0.6) is 11.5 Å². The van der Waals surface area contributed by atoms with E-state index in [4.69, 9.17) is 9.47 Å². The first-order chi connectivity index (χ1) is 9.72. The molecule has 3 rings (SSSR count). The summed E-state index contributed by atoms with van der Waals surface area (Å²) < 4.78 is 10.9. The molecular formula is C16H14O4. The second-order valence-electron chi connectivity index (χ2n) is 4.63. The standard InChI is InChI=1S/C16H14O4/c17-14-9-16(18)20-15-8-12(6-7-13(14)15)19-10-11-4-2-1-3-5-11/h1-8,16,18H,9-10H2. The van der Waals surface area contributed by atoms with E-state index in [9.17, 15) is 9.90 Å². The van der Waals surface area contributed by atoms with Crippen LogP contribution < -0.4 is 9.47 Å². The first kappa shape index (κ1) is 12.7. The Morgan fingerprint density at radius 2 is 2.00 bits per heavy atom. The first-order valence-electron chi connectivity index (χ1n) is 6.41. The minimum absolute atomic E-state index is 0.00276. The lowest BCUT2D eigenvalue weighted by Gasteiger charge is -2.21. The Kier molecular flexibility index (Phi) is 3.39. The van der Waals surface area contributed by atoms with Crippen molar-refractivity contribution in [2.24, 2.45) is 0 Å². The second-order valence-corrected chi connectivity index (χ2v) is 4.63. The van der Waals surface area contributed by atoms with Crippen LogP contribution in [0.1, 0.15) is 22.3 Å². The number of carbonyl (C=O) groups is 1. The fourth-order valence-electron chi connectivity index (χ4n) is 2.12. The van der Waals surface area contributed by atoms with Crippen molar-refractivity contribution in [2.45, 2.75) is 19.3 Å². The maximum atomic E-state index is 11.7. The summed E-state index contributed by atoms with van der Waals surface area (Å²) in [6.07, 6.45) is -1.07. The van der Waals surface area contributed by atoms with Gasteiger partial charge in [-0.2, -0.15) is 0 Å². The number of hydrogen-bond donors (Lipinski definition) is 1. The van der Waals surface area contributed by atoms with Gasteiger partial charge in [-0.25, -0.2) is 0 Å². The molecule has 0 fully saturated rings. The van der Waals surface area contributed by atoms with Gasteiger partial charge in [-0.15, -0.1) is 0 Å². The van der Waals surface area contributed by atoms with Crippen molar-refractivity contribution in [1.82, 2.24) is 0 Å². The molecule has 1 N–H and O–H groups in total. The lowest BCUT2D eigenvalue weighted by Crippen LogP contribution is -2.26. The summed E-state index contributed by atoms with van der Waals surface area (Å²) in [6.45, 7) is 0.441. The molecule has 0 amide bonds. The third-order valence-corrected chi connectivity index (χ3v) is 3.12. The van der Waals surface area contributed by atoms with Gasteiger partial charge in [0.15, 0.2) is 5.78 Å². The van der Waals surface area contributed by atoms with E-state index in [1.807, 2.05) is 30.3 Å². The topological polar surface area (TPSA) is 55.8 Å². The van der Waals surface area contributed by atoms with E-state index in [1.54, 1.807) is 18.2 Å². The number of hydrogen-bond acceptors (Lipinski definition) is 4. The summed E-state index contributed by atoms with van der Waals surface area (Å²) in [5.74, 6) is 0.863. The molecule has 102 valence electrons. The number of rotatable bonds is 3. The molecule has 2 aromatic rings. The van der Waals surface area contributed by atoms with Crippen molar-refractivity contribution >= 4 is 5.78 Å². The fourth-order valence-corrected chi connectivity index (χ4v) is 2.12. The normalized spacial score (nSPS) is 17.2. The van der Waals surface area contributed by atoms with E-state index >= 15 is 0 Å². The number of aliphatic hydroxyl groups is 1. The smallest absolute Gasteiger partial charge is 0.204 e. The largest absolute Gasteiger partial charge is 0.489 e. The highest BCUT2D eigenvalue weighted by molar-refractivity contribution is 5.99. The van der Waals surface area contributed by atoms with Gasteiger partial charge in [-0.3, -0.25) is 4.79 Å². The molecule has 20 heavy (non-hydrogen) atoms. The number of Topliss-reactive ketones (excluding diaryl/α,β-unsaturated/α-hetero) is 1. The third kappa shape index (κ3) is 2.65. The number of ketones is 1. The van der Waals surface area contributed by atoms with Gasteiger partial charge < -0.3 is 14.6 Å². The third-order valence-electron chi connectivity index (χ3n) is 3.12. The minimum Gasteiger partial charge on any atom is -0.489 e. The lowest BCUT2D eigenvalue weighted by atomic mass is 10.0. The van der Waals surface area contributed by atoms with Crippen LogP contribution in [0.4, 0.5) is 0 Å². The molecule has 4 heteroatoms. The summed E-state index contributed by atoms with van der Waals surface area (Å²) in [4.78, 5) is 11.7. The average molecular weight is 270 g/mol. The Morgan fingerprint density at radius 1 is 1.20 bits per heavy atom. The molecule has 2 aromatic carbocycles. The molecule has 4 nitrogen and oxygen atoms in total. The van der Waals surface area contributed by atoms with Crippen molar-refractivity contribution < 1.29 is 19.4 Å². The molecule has 1 aliphatic rings. The van der Waals surface area contributed by atoms with Gasteiger partial charge in [0.25, 0.3) is 0 Å². The lowest BCUT2D eigenvalue weighted by molar-refractivity contribution is -0.0247. The van der Waals surface area contributed by atoms with Crippen LogP contribution in [0.2, 0.25) is 0 Å². The Balaban J connectivity index is 1.75. The van der Waals surface area contributed by atoms with E-state index in [0.717, 1.165) is 5.56 Å². The van der Waals surface area contributed by atoms with Crippen LogP contribution in [0.25, 0.3) is 0 Å². The van der Waals surface area contributed by atoms with Crippen molar-refractivity contribution in [3.8, 4) is 11.5 Å². The summed E-state index contributed by atoms with van der Waals surface area (Å²) in [7, 11) is 0. The van der Waals surface area contributed by atoms with Crippen molar-refractivity contribution in [3.63, 3.8) is 0 Å².